The van der Waals surface area contributed by atoms with Crippen LogP contribution in [0, 0.1) is 0 Å². The monoisotopic (exact) mass is 441 g/mol. The summed E-state index contributed by atoms with van der Waals surface area (Å²) in [5.41, 5.74) is 2.56. The minimum Gasteiger partial charge on any atom is -0.497 e. The number of aromatic nitrogens is 2. The first-order chi connectivity index (χ1) is 14.9. The van der Waals surface area contributed by atoms with Crippen molar-refractivity contribution in [3.8, 4) is 17.0 Å². The highest BCUT2D eigenvalue weighted by molar-refractivity contribution is 7.85. The zero-order valence-corrected chi connectivity index (χ0v) is 18.3. The Labute approximate surface area is 182 Å². The van der Waals surface area contributed by atoms with Crippen molar-refractivity contribution in [2.75, 3.05) is 24.8 Å². The second-order valence-corrected chi connectivity index (χ2v) is 7.89. The Morgan fingerprint density at radius 2 is 1.77 bits per heavy atom. The summed E-state index contributed by atoms with van der Waals surface area (Å²) in [6.45, 7) is 2.02. The van der Waals surface area contributed by atoms with Crippen molar-refractivity contribution in [2.45, 2.75) is 12.1 Å². The van der Waals surface area contributed by atoms with E-state index < -0.39 is 22.7 Å². The number of imidazole rings is 1. The van der Waals surface area contributed by atoms with Crippen LogP contribution in [0.25, 0.3) is 11.3 Å². The molecular formula is C22H23N3O5S. The first-order valence-electron chi connectivity index (χ1n) is 9.54. The Balaban J connectivity index is 1.64. The minimum atomic E-state index is -1.63. The van der Waals surface area contributed by atoms with Gasteiger partial charge in [-0.2, -0.15) is 0 Å². The van der Waals surface area contributed by atoms with E-state index in [4.69, 9.17) is 9.47 Å². The van der Waals surface area contributed by atoms with E-state index in [1.165, 1.54) is 0 Å². The molecule has 1 amide bonds. The molecule has 8 nitrogen and oxygen atoms in total. The van der Waals surface area contributed by atoms with Gasteiger partial charge in [-0.3, -0.25) is 9.00 Å². The van der Waals surface area contributed by atoms with Crippen LogP contribution in [0.3, 0.4) is 0 Å². The lowest BCUT2D eigenvalue weighted by Gasteiger charge is -2.08. The summed E-state index contributed by atoms with van der Waals surface area (Å²) >= 11 is 0. The minimum absolute atomic E-state index is 0.244. The van der Waals surface area contributed by atoms with E-state index >= 15 is 0 Å². The number of methoxy groups -OCH3 is 1. The van der Waals surface area contributed by atoms with Gasteiger partial charge in [0.2, 0.25) is 5.91 Å². The first-order valence-corrected chi connectivity index (χ1v) is 10.9. The number of nitrogens with one attached hydrogen (secondary N) is 1. The van der Waals surface area contributed by atoms with Gasteiger partial charge in [0, 0.05) is 18.3 Å². The fourth-order valence-electron chi connectivity index (χ4n) is 2.92. The van der Waals surface area contributed by atoms with Gasteiger partial charge in [0.1, 0.15) is 11.5 Å². The Morgan fingerprint density at radius 1 is 1.10 bits per heavy atom. The van der Waals surface area contributed by atoms with Crippen LogP contribution in [0.5, 0.6) is 5.75 Å². The van der Waals surface area contributed by atoms with Crippen molar-refractivity contribution in [3.05, 3.63) is 60.3 Å². The number of hydrogen-bond acceptors (Lipinski definition) is 6. The molecule has 0 aliphatic heterocycles. The number of rotatable bonds is 8. The predicted molar refractivity (Wildman–Crippen MR) is 117 cm³/mol. The smallest absolute Gasteiger partial charge is 0.338 e. The lowest BCUT2D eigenvalue weighted by molar-refractivity contribution is -0.113. The molecule has 1 atom stereocenters. The summed E-state index contributed by atoms with van der Waals surface area (Å²) in [6, 6.07) is 13.7. The molecule has 3 rings (SSSR count). The molecule has 31 heavy (non-hydrogen) atoms. The van der Waals surface area contributed by atoms with E-state index in [1.54, 1.807) is 56.1 Å². The third-order valence-corrected chi connectivity index (χ3v) is 5.79. The molecule has 0 saturated carbocycles. The van der Waals surface area contributed by atoms with E-state index in [1.807, 2.05) is 24.3 Å². The lowest BCUT2D eigenvalue weighted by atomic mass is 10.1. The highest BCUT2D eigenvalue weighted by atomic mass is 32.2. The van der Waals surface area contributed by atoms with Crippen LogP contribution in [0.15, 0.2) is 59.9 Å². The van der Waals surface area contributed by atoms with Crippen LogP contribution in [-0.4, -0.2) is 45.1 Å². The Hall–Kier alpha value is -3.46. The Morgan fingerprint density at radius 3 is 2.39 bits per heavy atom. The van der Waals surface area contributed by atoms with Crippen LogP contribution in [0.4, 0.5) is 5.69 Å². The zero-order valence-electron chi connectivity index (χ0n) is 17.5. The number of amides is 1. The molecule has 0 aliphatic rings. The second kappa shape index (κ2) is 10.0. The number of carbonyl (C=O) groups excluding carboxylic acids is 2. The third-order valence-electron chi connectivity index (χ3n) is 4.48. The largest absolute Gasteiger partial charge is 0.497 e. The van der Waals surface area contributed by atoms with Crippen molar-refractivity contribution in [2.24, 2.45) is 7.05 Å². The van der Waals surface area contributed by atoms with Gasteiger partial charge in [0.25, 0.3) is 0 Å². The van der Waals surface area contributed by atoms with Crippen molar-refractivity contribution in [1.29, 1.82) is 0 Å². The molecule has 0 saturated heterocycles. The molecular weight excluding hydrogens is 418 g/mol. The van der Waals surface area contributed by atoms with Gasteiger partial charge in [-0.25, -0.2) is 9.78 Å². The molecule has 1 heterocycles. The maximum absolute atomic E-state index is 12.7. The van der Waals surface area contributed by atoms with Crippen molar-refractivity contribution < 1.29 is 23.3 Å². The topological polar surface area (TPSA) is 99.5 Å². The van der Waals surface area contributed by atoms with Crippen LogP contribution < -0.4 is 10.1 Å². The molecule has 1 aromatic heterocycles. The highest BCUT2D eigenvalue weighted by Gasteiger charge is 2.18. The van der Waals surface area contributed by atoms with Gasteiger partial charge in [0.15, 0.2) is 5.16 Å². The first kappa shape index (κ1) is 22.2. The van der Waals surface area contributed by atoms with E-state index in [2.05, 4.69) is 10.3 Å². The molecule has 9 heteroatoms. The third kappa shape index (κ3) is 5.37. The van der Waals surface area contributed by atoms with Crippen LogP contribution in [0.1, 0.15) is 17.3 Å². The number of hydrogen-bond donors (Lipinski definition) is 1. The molecule has 0 aliphatic carbocycles. The fraction of sp³-hybridized carbons (Fsp3) is 0.227. The summed E-state index contributed by atoms with van der Waals surface area (Å²) < 4.78 is 24.5. The number of esters is 1. The molecule has 0 unspecified atom stereocenters. The average Bonchev–Trinajstić information content (AvgIpc) is 3.15. The average molecular weight is 442 g/mol. The summed E-state index contributed by atoms with van der Waals surface area (Å²) in [5.74, 6) is -0.353. The number of benzene rings is 2. The van der Waals surface area contributed by atoms with Gasteiger partial charge < -0.3 is 19.4 Å². The van der Waals surface area contributed by atoms with Gasteiger partial charge in [-0.05, 0) is 55.5 Å². The van der Waals surface area contributed by atoms with Gasteiger partial charge in [-0.15, -0.1) is 0 Å². The van der Waals surface area contributed by atoms with Crippen LogP contribution in [0.2, 0.25) is 0 Å². The second-order valence-electron chi connectivity index (χ2n) is 6.55. The van der Waals surface area contributed by atoms with Crippen molar-refractivity contribution in [3.63, 3.8) is 0 Å². The SMILES string of the molecule is CCOC(=O)c1ccc(NC(=O)C[S@](=O)c2ncc(-c3ccc(OC)cc3)n2C)cc1. The highest BCUT2D eigenvalue weighted by Crippen LogP contribution is 2.23. The van der Waals surface area contributed by atoms with Gasteiger partial charge in [-0.1, -0.05) is 0 Å². The number of nitrogens with zero attached hydrogens (tertiary/aromatic N) is 2. The molecule has 0 spiro atoms. The number of ether oxygens (including phenoxy) is 2. The van der Waals surface area contributed by atoms with E-state index in [9.17, 15) is 13.8 Å². The standard InChI is InChI=1S/C22H23N3O5S/c1-4-30-21(27)16-5-9-17(10-6-16)24-20(26)14-31(28)22-23-13-19(25(22)2)15-7-11-18(29-3)12-8-15/h5-13H,4,14H2,1-3H3,(H,24,26)/t31-/m0/s1. The predicted octanol–water partition coefficient (Wildman–Crippen LogP) is 3.02. The maximum atomic E-state index is 12.7. The van der Waals surface area contributed by atoms with Crippen LogP contribution >= 0.6 is 0 Å². The maximum Gasteiger partial charge on any atom is 0.338 e. The summed E-state index contributed by atoms with van der Waals surface area (Å²) in [4.78, 5) is 28.3. The molecule has 0 fully saturated rings. The molecule has 3 aromatic rings. The Bertz CT molecular complexity index is 1090. The molecule has 0 bridgehead atoms. The molecule has 162 valence electrons. The quantitative estimate of drug-likeness (QED) is 0.540. The molecule has 0 radical (unpaired) electrons. The van der Waals surface area contributed by atoms with E-state index in [0.29, 0.717) is 16.4 Å². The summed E-state index contributed by atoms with van der Waals surface area (Å²) in [6.07, 6.45) is 1.63. The fourth-order valence-corrected chi connectivity index (χ4v) is 3.93. The normalized spacial score (nSPS) is 11.6. The summed E-state index contributed by atoms with van der Waals surface area (Å²) in [5, 5.41) is 2.98. The summed E-state index contributed by atoms with van der Waals surface area (Å²) in [7, 11) is 1.72. The van der Waals surface area contributed by atoms with E-state index in [-0.39, 0.29) is 12.4 Å². The van der Waals surface area contributed by atoms with Crippen LogP contribution in [-0.2, 0) is 27.4 Å². The Kier molecular flexibility index (Phi) is 7.19. The van der Waals surface area contributed by atoms with Gasteiger partial charge >= 0.3 is 5.97 Å². The zero-order chi connectivity index (χ0) is 22.4. The van der Waals surface area contributed by atoms with Gasteiger partial charge in [0.05, 0.1) is 42.0 Å². The number of anilines is 1. The van der Waals surface area contributed by atoms with Crippen molar-refractivity contribution in [1.82, 2.24) is 9.55 Å². The van der Waals surface area contributed by atoms with Crippen molar-refractivity contribution >= 4 is 28.4 Å². The number of carbonyl (C=O) groups is 2. The molecule has 1 N–H and O–H groups in total. The lowest BCUT2D eigenvalue weighted by Crippen LogP contribution is -2.21. The van der Waals surface area contributed by atoms with E-state index in [0.717, 1.165) is 17.0 Å². The molecule has 2 aromatic carbocycles.